The van der Waals surface area contributed by atoms with Gasteiger partial charge in [0.1, 0.15) is 6.04 Å². The Morgan fingerprint density at radius 3 is 2.84 bits per heavy atom. The molecule has 6 nitrogen and oxygen atoms in total. The van der Waals surface area contributed by atoms with Gasteiger partial charge in [0.25, 0.3) is 5.91 Å². The molecular weight excluding hydrogens is 336 g/mol. The van der Waals surface area contributed by atoms with Crippen LogP contribution >= 0.6 is 11.3 Å². The molecule has 0 saturated carbocycles. The number of amides is 1. The van der Waals surface area contributed by atoms with Crippen molar-refractivity contribution in [1.29, 1.82) is 0 Å². The van der Waals surface area contributed by atoms with E-state index in [1.807, 2.05) is 36.1 Å². The van der Waals surface area contributed by atoms with Crippen LogP contribution in [-0.2, 0) is 0 Å². The third-order valence-electron chi connectivity index (χ3n) is 4.38. The predicted molar refractivity (Wildman–Crippen MR) is 94.2 cm³/mol. The van der Waals surface area contributed by atoms with E-state index in [4.69, 9.17) is 4.52 Å². The number of carbonyl (C=O) groups excluding carboxylic acids is 1. The van der Waals surface area contributed by atoms with Crippen molar-refractivity contribution in [3.05, 3.63) is 52.3 Å². The van der Waals surface area contributed by atoms with Crippen molar-refractivity contribution in [2.45, 2.75) is 32.2 Å². The maximum Gasteiger partial charge on any atom is 0.264 e. The molecule has 1 saturated heterocycles. The third kappa shape index (κ3) is 3.19. The second-order valence-corrected chi connectivity index (χ2v) is 7.40. The van der Waals surface area contributed by atoms with Crippen LogP contribution in [0.25, 0.3) is 11.4 Å². The molecule has 0 aromatic carbocycles. The van der Waals surface area contributed by atoms with E-state index in [2.05, 4.69) is 15.1 Å². The first-order chi connectivity index (χ1) is 12.2. The van der Waals surface area contributed by atoms with E-state index in [1.165, 1.54) is 11.3 Å². The van der Waals surface area contributed by atoms with Crippen molar-refractivity contribution in [1.82, 2.24) is 20.0 Å². The summed E-state index contributed by atoms with van der Waals surface area (Å²) >= 11 is 1.52. The van der Waals surface area contributed by atoms with Crippen LogP contribution in [-0.4, -0.2) is 32.5 Å². The summed E-state index contributed by atoms with van der Waals surface area (Å²) in [7, 11) is 0. The van der Waals surface area contributed by atoms with Gasteiger partial charge in [0.2, 0.25) is 11.7 Å². The van der Waals surface area contributed by atoms with E-state index in [1.54, 1.807) is 12.4 Å². The maximum atomic E-state index is 12.9. The molecule has 4 rings (SSSR count). The monoisotopic (exact) mass is 354 g/mol. The van der Waals surface area contributed by atoms with Crippen molar-refractivity contribution in [3.63, 3.8) is 0 Å². The molecule has 0 bridgehead atoms. The summed E-state index contributed by atoms with van der Waals surface area (Å²) < 4.78 is 5.51. The Balaban J connectivity index is 1.61. The van der Waals surface area contributed by atoms with Gasteiger partial charge in [-0.25, -0.2) is 0 Å². The molecule has 128 valence electrons. The van der Waals surface area contributed by atoms with Crippen LogP contribution in [0.1, 0.15) is 45.7 Å². The van der Waals surface area contributed by atoms with Gasteiger partial charge in [-0.2, -0.15) is 4.98 Å². The highest BCUT2D eigenvalue weighted by molar-refractivity contribution is 7.13. The molecule has 0 unspecified atom stereocenters. The fourth-order valence-corrected chi connectivity index (χ4v) is 3.93. The third-order valence-corrected chi connectivity index (χ3v) is 5.37. The second kappa shape index (κ2) is 6.76. The molecule has 1 atom stereocenters. The number of hydrogen-bond donors (Lipinski definition) is 0. The van der Waals surface area contributed by atoms with E-state index in [0.29, 0.717) is 18.3 Å². The van der Waals surface area contributed by atoms with Crippen LogP contribution in [0.5, 0.6) is 0 Å². The van der Waals surface area contributed by atoms with Crippen molar-refractivity contribution >= 4 is 17.2 Å². The summed E-state index contributed by atoms with van der Waals surface area (Å²) in [6.07, 6.45) is 6.28. The minimum absolute atomic E-state index is 0.0476. The van der Waals surface area contributed by atoms with Crippen molar-refractivity contribution in [2.24, 2.45) is 0 Å². The lowest BCUT2D eigenvalue weighted by molar-refractivity contribution is 0.0566. The van der Waals surface area contributed by atoms with Crippen molar-refractivity contribution in [2.75, 3.05) is 6.54 Å². The van der Waals surface area contributed by atoms with Crippen LogP contribution in [0, 0.1) is 6.92 Å². The van der Waals surface area contributed by atoms with Crippen LogP contribution < -0.4 is 0 Å². The van der Waals surface area contributed by atoms with Crippen molar-refractivity contribution in [3.8, 4) is 11.4 Å². The van der Waals surface area contributed by atoms with Crippen LogP contribution in [0.3, 0.4) is 0 Å². The summed E-state index contributed by atoms with van der Waals surface area (Å²) in [5.74, 6) is 1.09. The summed E-state index contributed by atoms with van der Waals surface area (Å²) in [6, 6.07) is 7.39. The average molecular weight is 354 g/mol. The maximum absolute atomic E-state index is 12.9. The summed E-state index contributed by atoms with van der Waals surface area (Å²) in [5.41, 5.74) is 0.854. The Kier molecular flexibility index (Phi) is 4.31. The highest BCUT2D eigenvalue weighted by Crippen LogP contribution is 2.33. The normalized spacial score (nSPS) is 17.6. The molecule has 1 aliphatic rings. The highest BCUT2D eigenvalue weighted by Gasteiger charge is 2.33. The number of nitrogens with zero attached hydrogens (tertiary/aromatic N) is 4. The Morgan fingerprint density at radius 1 is 1.24 bits per heavy atom. The molecule has 0 spiro atoms. The number of carbonyl (C=O) groups is 1. The standard InChI is InChI=1S/C18H18N4O2S/c1-12-5-6-15(25-12)18(23)22-11-3-2-4-14(22)17-20-16(21-24-17)13-7-9-19-10-8-13/h5-10,14H,2-4,11H2,1H3/t14-/m1/s1. The van der Waals surface area contributed by atoms with E-state index < -0.39 is 0 Å². The zero-order chi connectivity index (χ0) is 17.2. The lowest BCUT2D eigenvalue weighted by Crippen LogP contribution is -2.38. The largest absolute Gasteiger partial charge is 0.337 e. The number of aromatic nitrogens is 3. The zero-order valence-corrected chi connectivity index (χ0v) is 14.7. The Hall–Kier alpha value is -2.54. The molecule has 0 aliphatic carbocycles. The molecule has 7 heteroatoms. The Labute approximate surface area is 149 Å². The minimum atomic E-state index is -0.160. The number of rotatable bonds is 3. The van der Waals surface area contributed by atoms with E-state index in [0.717, 1.165) is 34.6 Å². The Bertz CT molecular complexity index is 874. The second-order valence-electron chi connectivity index (χ2n) is 6.11. The molecule has 3 aromatic rings. The van der Waals surface area contributed by atoms with Crippen LogP contribution in [0.4, 0.5) is 0 Å². The fraction of sp³-hybridized carbons (Fsp3) is 0.333. The number of pyridine rings is 1. The minimum Gasteiger partial charge on any atom is -0.337 e. The SMILES string of the molecule is Cc1ccc(C(=O)N2CCCC[C@@H]2c2nc(-c3ccncc3)no2)s1. The van der Waals surface area contributed by atoms with Gasteiger partial charge < -0.3 is 9.42 Å². The molecule has 0 N–H and O–H groups in total. The molecule has 3 aromatic heterocycles. The van der Waals surface area contributed by atoms with Crippen LogP contribution in [0.2, 0.25) is 0 Å². The van der Waals surface area contributed by atoms with E-state index >= 15 is 0 Å². The summed E-state index contributed by atoms with van der Waals surface area (Å²) in [6.45, 7) is 2.72. The van der Waals surface area contributed by atoms with Crippen molar-refractivity contribution < 1.29 is 9.32 Å². The number of aryl methyl sites for hydroxylation is 1. The number of hydrogen-bond acceptors (Lipinski definition) is 6. The topological polar surface area (TPSA) is 72.1 Å². The molecule has 1 fully saturated rings. The number of thiophene rings is 1. The molecule has 1 aliphatic heterocycles. The first kappa shape index (κ1) is 16.0. The van der Waals surface area contributed by atoms with Gasteiger partial charge in [-0.3, -0.25) is 9.78 Å². The lowest BCUT2D eigenvalue weighted by Gasteiger charge is -2.33. The van der Waals surface area contributed by atoms with Gasteiger partial charge in [0.05, 0.1) is 4.88 Å². The first-order valence-corrected chi connectivity index (χ1v) is 9.15. The summed E-state index contributed by atoms with van der Waals surface area (Å²) in [4.78, 5) is 25.2. The van der Waals surface area contributed by atoms with Crippen LogP contribution in [0.15, 0.2) is 41.2 Å². The zero-order valence-electron chi connectivity index (χ0n) is 13.9. The molecule has 0 radical (unpaired) electrons. The van der Waals surface area contributed by atoms with Gasteiger partial charge in [-0.05, 0) is 50.5 Å². The van der Waals surface area contributed by atoms with Gasteiger partial charge in [-0.1, -0.05) is 5.16 Å². The highest BCUT2D eigenvalue weighted by atomic mass is 32.1. The average Bonchev–Trinajstić information content (AvgIpc) is 3.31. The first-order valence-electron chi connectivity index (χ1n) is 8.34. The van der Waals surface area contributed by atoms with E-state index in [9.17, 15) is 4.79 Å². The number of likely N-dealkylation sites (tertiary alicyclic amines) is 1. The van der Waals surface area contributed by atoms with E-state index in [-0.39, 0.29) is 11.9 Å². The quantitative estimate of drug-likeness (QED) is 0.714. The molecule has 4 heterocycles. The molecule has 1 amide bonds. The predicted octanol–water partition coefficient (Wildman–Crippen LogP) is 3.87. The summed E-state index contributed by atoms with van der Waals surface area (Å²) in [5, 5.41) is 4.08. The van der Waals surface area contributed by atoms with Gasteiger partial charge >= 0.3 is 0 Å². The molecular formula is C18H18N4O2S. The van der Waals surface area contributed by atoms with Gasteiger partial charge in [-0.15, -0.1) is 11.3 Å². The fourth-order valence-electron chi connectivity index (χ4n) is 3.11. The van der Waals surface area contributed by atoms with Gasteiger partial charge in [0.15, 0.2) is 0 Å². The smallest absolute Gasteiger partial charge is 0.264 e. The Morgan fingerprint density at radius 2 is 2.08 bits per heavy atom. The number of piperidine rings is 1. The lowest BCUT2D eigenvalue weighted by atomic mass is 10.0. The van der Waals surface area contributed by atoms with Gasteiger partial charge in [0, 0.05) is 29.4 Å². The molecule has 25 heavy (non-hydrogen) atoms.